The summed E-state index contributed by atoms with van der Waals surface area (Å²) in [6.07, 6.45) is 2.18. The molecule has 0 bridgehead atoms. The molecule has 114 valence electrons. The topological polar surface area (TPSA) is 78.4 Å². The Kier molecular flexibility index (Phi) is 5.22. The monoisotopic (exact) mass is 354 g/mol. The number of rotatable bonds is 4. The van der Waals surface area contributed by atoms with Crippen LogP contribution < -0.4 is 10.6 Å². The molecule has 3 unspecified atom stereocenters. The number of hydrogen-bond acceptors (Lipinski definition) is 2. The molecule has 1 saturated carbocycles. The van der Waals surface area contributed by atoms with Crippen LogP contribution in [-0.2, 0) is 4.79 Å². The lowest BCUT2D eigenvalue weighted by Crippen LogP contribution is -2.45. The second-order valence-corrected chi connectivity index (χ2v) is 6.29. The van der Waals surface area contributed by atoms with E-state index in [1.807, 2.05) is 31.2 Å². The summed E-state index contributed by atoms with van der Waals surface area (Å²) in [6.45, 7) is 1.89. The molecule has 1 fully saturated rings. The van der Waals surface area contributed by atoms with Crippen LogP contribution in [-0.4, -0.2) is 23.1 Å². The summed E-state index contributed by atoms with van der Waals surface area (Å²) >= 11 is 3.40. The average molecular weight is 355 g/mol. The van der Waals surface area contributed by atoms with Gasteiger partial charge in [0.1, 0.15) is 0 Å². The van der Waals surface area contributed by atoms with Gasteiger partial charge in [0.15, 0.2) is 0 Å². The summed E-state index contributed by atoms with van der Waals surface area (Å²) in [4.78, 5) is 23.1. The lowest BCUT2D eigenvalue weighted by molar-refractivity contribution is -0.142. The van der Waals surface area contributed by atoms with Crippen molar-refractivity contribution >= 4 is 27.9 Å². The van der Waals surface area contributed by atoms with E-state index in [4.69, 9.17) is 5.11 Å². The summed E-state index contributed by atoms with van der Waals surface area (Å²) in [5, 5.41) is 14.7. The second-order valence-electron chi connectivity index (χ2n) is 5.38. The van der Waals surface area contributed by atoms with Gasteiger partial charge in [-0.1, -0.05) is 34.5 Å². The Balaban J connectivity index is 1.91. The summed E-state index contributed by atoms with van der Waals surface area (Å²) in [5.41, 5.74) is 0.987. The van der Waals surface area contributed by atoms with Gasteiger partial charge in [-0.3, -0.25) is 4.79 Å². The fourth-order valence-electron chi connectivity index (χ4n) is 2.69. The van der Waals surface area contributed by atoms with Crippen molar-refractivity contribution in [3.05, 3.63) is 34.3 Å². The van der Waals surface area contributed by atoms with Gasteiger partial charge in [0.2, 0.25) is 0 Å². The Morgan fingerprint density at radius 3 is 2.81 bits per heavy atom. The molecule has 1 aliphatic rings. The van der Waals surface area contributed by atoms with Gasteiger partial charge in [-0.05, 0) is 37.5 Å². The zero-order chi connectivity index (χ0) is 15.4. The summed E-state index contributed by atoms with van der Waals surface area (Å²) in [6, 6.07) is 6.97. The Bertz CT molecular complexity index is 535. The predicted octanol–water partition coefficient (Wildman–Crippen LogP) is 3.06. The molecular formula is C15H19BrN2O3. The Labute approximate surface area is 132 Å². The minimum absolute atomic E-state index is 0.146. The molecule has 3 atom stereocenters. The number of nitrogens with one attached hydrogen (secondary N) is 2. The molecule has 1 aliphatic carbocycles. The first-order valence-electron chi connectivity index (χ1n) is 7.02. The van der Waals surface area contributed by atoms with Gasteiger partial charge in [-0.2, -0.15) is 0 Å². The number of urea groups is 1. The molecule has 0 radical (unpaired) electrons. The Hall–Kier alpha value is -1.56. The average Bonchev–Trinajstić information content (AvgIpc) is 2.86. The van der Waals surface area contributed by atoms with E-state index in [0.29, 0.717) is 6.42 Å². The fourth-order valence-corrected chi connectivity index (χ4v) is 3.11. The smallest absolute Gasteiger partial charge is 0.315 e. The van der Waals surface area contributed by atoms with Gasteiger partial charge in [-0.25, -0.2) is 4.79 Å². The third-order valence-corrected chi connectivity index (χ3v) is 4.34. The number of carboxylic acids is 1. The number of carboxylic acid groups (broad SMARTS) is 1. The summed E-state index contributed by atoms with van der Waals surface area (Å²) < 4.78 is 0.954. The third-order valence-electron chi connectivity index (χ3n) is 3.85. The molecule has 0 heterocycles. The van der Waals surface area contributed by atoms with Crippen molar-refractivity contribution < 1.29 is 14.7 Å². The van der Waals surface area contributed by atoms with E-state index < -0.39 is 11.9 Å². The summed E-state index contributed by atoms with van der Waals surface area (Å²) in [5.74, 6) is -1.31. The largest absolute Gasteiger partial charge is 0.481 e. The molecule has 2 amide bonds. The zero-order valence-corrected chi connectivity index (χ0v) is 13.4. The SMILES string of the molecule is CC(NC(=O)NC1CCCC1C(=O)O)c1cccc(Br)c1. The number of aliphatic carboxylic acids is 1. The summed E-state index contributed by atoms with van der Waals surface area (Å²) in [7, 11) is 0. The number of halogens is 1. The molecule has 1 aromatic carbocycles. The number of carbonyl (C=O) groups excluding carboxylic acids is 1. The maximum Gasteiger partial charge on any atom is 0.315 e. The number of amides is 2. The van der Waals surface area contributed by atoms with Crippen LogP contribution in [0.3, 0.4) is 0 Å². The van der Waals surface area contributed by atoms with E-state index in [2.05, 4.69) is 26.6 Å². The van der Waals surface area contributed by atoms with E-state index in [9.17, 15) is 9.59 Å². The van der Waals surface area contributed by atoms with Gasteiger partial charge in [0.25, 0.3) is 0 Å². The maximum absolute atomic E-state index is 12.0. The fraction of sp³-hybridized carbons (Fsp3) is 0.467. The van der Waals surface area contributed by atoms with E-state index in [1.54, 1.807) is 0 Å². The number of carbonyl (C=O) groups is 2. The van der Waals surface area contributed by atoms with Crippen LogP contribution in [0.2, 0.25) is 0 Å². The highest BCUT2D eigenvalue weighted by molar-refractivity contribution is 9.10. The minimum Gasteiger partial charge on any atom is -0.481 e. The highest BCUT2D eigenvalue weighted by Crippen LogP contribution is 2.26. The Morgan fingerprint density at radius 1 is 1.38 bits per heavy atom. The van der Waals surface area contributed by atoms with Crippen LogP contribution in [0.1, 0.15) is 37.8 Å². The Morgan fingerprint density at radius 2 is 2.14 bits per heavy atom. The quantitative estimate of drug-likeness (QED) is 0.777. The first kappa shape index (κ1) is 15.8. The van der Waals surface area contributed by atoms with E-state index >= 15 is 0 Å². The molecule has 5 nitrogen and oxygen atoms in total. The van der Waals surface area contributed by atoms with Crippen molar-refractivity contribution in [2.24, 2.45) is 5.92 Å². The lowest BCUT2D eigenvalue weighted by atomic mass is 10.0. The third kappa shape index (κ3) is 4.20. The number of hydrogen-bond donors (Lipinski definition) is 3. The van der Waals surface area contributed by atoms with E-state index in [1.165, 1.54) is 0 Å². The number of benzene rings is 1. The van der Waals surface area contributed by atoms with Crippen LogP contribution in [0.5, 0.6) is 0 Å². The normalized spacial score (nSPS) is 22.6. The molecule has 0 aromatic heterocycles. The second kappa shape index (κ2) is 6.93. The van der Waals surface area contributed by atoms with Crippen LogP contribution in [0.25, 0.3) is 0 Å². The first-order valence-corrected chi connectivity index (χ1v) is 7.82. The highest BCUT2D eigenvalue weighted by Gasteiger charge is 2.34. The minimum atomic E-state index is -0.835. The zero-order valence-electron chi connectivity index (χ0n) is 11.8. The molecule has 0 spiro atoms. The molecule has 0 aliphatic heterocycles. The van der Waals surface area contributed by atoms with Gasteiger partial charge in [0.05, 0.1) is 12.0 Å². The van der Waals surface area contributed by atoms with Crippen molar-refractivity contribution in [1.82, 2.24) is 10.6 Å². The maximum atomic E-state index is 12.0. The molecule has 2 rings (SSSR count). The van der Waals surface area contributed by atoms with E-state index in [0.717, 1.165) is 22.9 Å². The first-order chi connectivity index (χ1) is 9.97. The van der Waals surface area contributed by atoms with Gasteiger partial charge < -0.3 is 15.7 Å². The predicted molar refractivity (Wildman–Crippen MR) is 83.0 cm³/mol. The molecule has 6 heteroatoms. The van der Waals surface area contributed by atoms with Crippen LogP contribution in [0, 0.1) is 5.92 Å². The van der Waals surface area contributed by atoms with E-state index in [-0.39, 0.29) is 18.1 Å². The van der Waals surface area contributed by atoms with Crippen molar-refractivity contribution in [1.29, 1.82) is 0 Å². The molecule has 3 N–H and O–H groups in total. The van der Waals surface area contributed by atoms with Crippen molar-refractivity contribution in [3.63, 3.8) is 0 Å². The molecular weight excluding hydrogens is 336 g/mol. The standard InChI is InChI=1S/C15H19BrN2O3/c1-9(10-4-2-5-11(16)8-10)17-15(21)18-13-7-3-6-12(13)14(19)20/h2,4-5,8-9,12-13H,3,6-7H2,1H3,(H,19,20)(H2,17,18,21). The van der Waals surface area contributed by atoms with Crippen molar-refractivity contribution in [2.45, 2.75) is 38.3 Å². The van der Waals surface area contributed by atoms with Crippen LogP contribution in [0.4, 0.5) is 4.79 Å². The highest BCUT2D eigenvalue weighted by atomic mass is 79.9. The lowest BCUT2D eigenvalue weighted by Gasteiger charge is -2.20. The molecule has 21 heavy (non-hydrogen) atoms. The van der Waals surface area contributed by atoms with Crippen molar-refractivity contribution in [3.8, 4) is 0 Å². The molecule has 0 saturated heterocycles. The van der Waals surface area contributed by atoms with Gasteiger partial charge in [0, 0.05) is 10.5 Å². The van der Waals surface area contributed by atoms with Crippen LogP contribution >= 0.6 is 15.9 Å². The van der Waals surface area contributed by atoms with Gasteiger partial charge >= 0.3 is 12.0 Å². The molecule has 1 aromatic rings. The van der Waals surface area contributed by atoms with Gasteiger partial charge in [-0.15, -0.1) is 0 Å². The van der Waals surface area contributed by atoms with Crippen molar-refractivity contribution in [2.75, 3.05) is 0 Å². The van der Waals surface area contributed by atoms with Crippen LogP contribution in [0.15, 0.2) is 28.7 Å².